The quantitative estimate of drug-likeness (QED) is 0.258. The van der Waals surface area contributed by atoms with Gasteiger partial charge in [0, 0.05) is 17.8 Å². The highest BCUT2D eigenvalue weighted by Gasteiger charge is 2.12. The van der Waals surface area contributed by atoms with Gasteiger partial charge < -0.3 is 20.3 Å². The molecule has 194 valence electrons. The van der Waals surface area contributed by atoms with Crippen LogP contribution in [0.4, 0.5) is 20.4 Å². The molecule has 2 aromatic carbocycles. The monoisotopic (exact) mass is 527 g/mol. The summed E-state index contributed by atoms with van der Waals surface area (Å²) in [7, 11) is 1.46. The number of nitrogens with zero attached hydrogens (tertiary/aromatic N) is 2. The van der Waals surface area contributed by atoms with Gasteiger partial charge in [-0.3, -0.25) is 9.78 Å². The average Bonchev–Trinajstić information content (AvgIpc) is 2.88. The van der Waals surface area contributed by atoms with Gasteiger partial charge in [-0.1, -0.05) is 25.3 Å². The Bertz CT molecular complexity index is 1440. The Morgan fingerprint density at radius 1 is 1.11 bits per heavy atom. The second-order valence-electron chi connectivity index (χ2n) is 8.53. The minimum atomic E-state index is -0.684. The van der Waals surface area contributed by atoms with Gasteiger partial charge in [-0.15, -0.1) is 0 Å². The maximum Gasteiger partial charge on any atom is 0.260 e. The van der Waals surface area contributed by atoms with Gasteiger partial charge in [-0.25, -0.2) is 18.7 Å². The van der Waals surface area contributed by atoms with Gasteiger partial charge in [0.15, 0.2) is 0 Å². The normalized spacial score (nSPS) is 13.6. The van der Waals surface area contributed by atoms with Crippen LogP contribution in [0.5, 0.6) is 5.88 Å². The summed E-state index contributed by atoms with van der Waals surface area (Å²) in [6.07, 6.45) is 7.51. The molecule has 0 radical (unpaired) electrons. The number of benzene rings is 2. The van der Waals surface area contributed by atoms with Crippen molar-refractivity contribution in [2.45, 2.75) is 43.1 Å². The molecule has 1 saturated carbocycles. The number of hydrogen-bond donors (Lipinski definition) is 4. The lowest BCUT2D eigenvalue weighted by molar-refractivity contribution is 0.130. The van der Waals surface area contributed by atoms with Gasteiger partial charge in [-0.05, 0) is 60.7 Å². The van der Waals surface area contributed by atoms with Crippen LogP contribution >= 0.6 is 11.9 Å². The number of pyridine rings is 1. The van der Waals surface area contributed by atoms with Gasteiger partial charge in [0.1, 0.15) is 17.3 Å². The summed E-state index contributed by atoms with van der Waals surface area (Å²) >= 11 is 0.958. The number of aromatic nitrogens is 3. The number of ether oxygens (including phenoxy) is 1. The summed E-state index contributed by atoms with van der Waals surface area (Å²) in [6, 6.07) is 10.2. The number of rotatable bonds is 5. The zero-order chi connectivity index (χ0) is 26.4. The minimum Gasteiger partial charge on any atom is -0.480 e. The minimum absolute atomic E-state index is 0.0359. The highest BCUT2D eigenvalue weighted by molar-refractivity contribution is 8.00. The predicted molar refractivity (Wildman–Crippen MR) is 141 cm³/mol. The van der Waals surface area contributed by atoms with Crippen LogP contribution in [0.15, 0.2) is 58.4 Å². The number of hydrogen-bond acceptors (Lipinski definition) is 8. The van der Waals surface area contributed by atoms with Crippen molar-refractivity contribution >= 4 is 34.5 Å². The van der Waals surface area contributed by atoms with E-state index in [0.29, 0.717) is 28.0 Å². The topological polar surface area (TPSA) is 126 Å². The molecular weight excluding hydrogens is 500 g/mol. The van der Waals surface area contributed by atoms with E-state index in [1.54, 1.807) is 30.5 Å². The summed E-state index contributed by atoms with van der Waals surface area (Å²) in [4.78, 5) is 23.2. The Morgan fingerprint density at radius 2 is 1.89 bits per heavy atom. The van der Waals surface area contributed by atoms with Crippen LogP contribution < -0.4 is 20.8 Å². The number of nitrogen functional groups attached to an aromatic ring is 1. The van der Waals surface area contributed by atoms with Crippen molar-refractivity contribution in [3.8, 4) is 17.0 Å². The molecule has 2 heterocycles. The van der Waals surface area contributed by atoms with E-state index < -0.39 is 11.6 Å². The molecule has 5 rings (SSSR count). The SMILES string of the molecule is COc1ncc(-c2ccc3nc(N)[nH]c(=O)c3c2)cc1NSc1ccc(F)cc1F.OC1CCCCC1. The van der Waals surface area contributed by atoms with Crippen molar-refractivity contribution in [1.82, 2.24) is 15.0 Å². The van der Waals surface area contributed by atoms with Crippen LogP contribution in [-0.2, 0) is 0 Å². The fourth-order valence-corrected chi connectivity index (χ4v) is 4.59. The van der Waals surface area contributed by atoms with Crippen molar-refractivity contribution in [2.24, 2.45) is 0 Å². The standard InChI is InChI=1S/C20H15F2N5O2S.C6H12O/c1-29-19-16(27-30-17-5-3-12(21)8-14(17)22)7-11(9-24-19)10-2-4-15-13(6-10)18(28)26-20(23)25-15;7-6-4-2-1-3-5-6/h2-9,27H,1H3,(H3,23,25,26,28);6-7H,1-5H2. The average molecular weight is 528 g/mol. The van der Waals surface area contributed by atoms with Crippen LogP contribution in [0.1, 0.15) is 32.1 Å². The largest absolute Gasteiger partial charge is 0.480 e. The first kappa shape index (κ1) is 26.4. The number of anilines is 2. The number of nitrogens with two attached hydrogens (primary N) is 1. The Hall–Kier alpha value is -3.70. The lowest BCUT2D eigenvalue weighted by atomic mass is 9.98. The summed E-state index contributed by atoms with van der Waals surface area (Å²) in [5.74, 6) is -0.999. The van der Waals surface area contributed by atoms with Crippen molar-refractivity contribution in [3.63, 3.8) is 0 Å². The third-order valence-electron chi connectivity index (χ3n) is 5.84. The fraction of sp³-hybridized carbons (Fsp3) is 0.269. The van der Waals surface area contributed by atoms with E-state index in [9.17, 15) is 13.6 Å². The summed E-state index contributed by atoms with van der Waals surface area (Å²) in [5.41, 5.74) is 7.59. The molecule has 37 heavy (non-hydrogen) atoms. The second kappa shape index (κ2) is 12.0. The van der Waals surface area contributed by atoms with Crippen LogP contribution in [-0.4, -0.2) is 33.3 Å². The van der Waals surface area contributed by atoms with E-state index in [1.807, 2.05) is 0 Å². The molecule has 0 unspecified atom stereocenters. The number of H-pyrrole nitrogens is 1. The number of halogens is 2. The van der Waals surface area contributed by atoms with E-state index in [2.05, 4.69) is 19.7 Å². The second-order valence-corrected chi connectivity index (χ2v) is 9.38. The smallest absolute Gasteiger partial charge is 0.260 e. The molecule has 0 atom stereocenters. The van der Waals surface area contributed by atoms with Gasteiger partial charge in [0.25, 0.3) is 5.56 Å². The Morgan fingerprint density at radius 3 is 2.57 bits per heavy atom. The van der Waals surface area contributed by atoms with Crippen molar-refractivity contribution in [3.05, 3.63) is 70.6 Å². The number of nitrogens with one attached hydrogen (secondary N) is 2. The fourth-order valence-electron chi connectivity index (χ4n) is 3.93. The first-order chi connectivity index (χ1) is 17.8. The lowest BCUT2D eigenvalue weighted by Gasteiger charge is -2.14. The Kier molecular flexibility index (Phi) is 8.57. The molecule has 8 nitrogen and oxygen atoms in total. The Balaban J connectivity index is 0.000000396. The van der Waals surface area contributed by atoms with Crippen molar-refractivity contribution in [2.75, 3.05) is 17.6 Å². The zero-order valence-corrected chi connectivity index (χ0v) is 20.9. The van der Waals surface area contributed by atoms with Crippen molar-refractivity contribution < 1.29 is 18.6 Å². The van der Waals surface area contributed by atoms with Gasteiger partial charge in [-0.2, -0.15) is 0 Å². The van der Waals surface area contributed by atoms with Gasteiger partial charge in [0.2, 0.25) is 11.8 Å². The predicted octanol–water partition coefficient (Wildman–Crippen LogP) is 5.28. The third kappa shape index (κ3) is 6.75. The summed E-state index contributed by atoms with van der Waals surface area (Å²) in [5, 5.41) is 9.29. The van der Waals surface area contributed by atoms with E-state index in [1.165, 1.54) is 38.5 Å². The van der Waals surface area contributed by atoms with E-state index in [4.69, 9.17) is 15.6 Å². The van der Waals surface area contributed by atoms with Gasteiger partial charge >= 0.3 is 0 Å². The first-order valence-electron chi connectivity index (χ1n) is 11.7. The molecule has 4 aromatic rings. The van der Waals surface area contributed by atoms with Crippen LogP contribution in [0.25, 0.3) is 22.0 Å². The van der Waals surface area contributed by atoms with Crippen molar-refractivity contribution in [1.29, 1.82) is 0 Å². The summed E-state index contributed by atoms with van der Waals surface area (Å²) in [6.45, 7) is 0. The van der Waals surface area contributed by atoms with E-state index in [0.717, 1.165) is 36.4 Å². The molecule has 0 bridgehead atoms. The lowest BCUT2D eigenvalue weighted by Crippen LogP contribution is -2.11. The molecule has 1 fully saturated rings. The molecule has 0 spiro atoms. The number of aliphatic hydroxyl groups is 1. The van der Waals surface area contributed by atoms with E-state index >= 15 is 0 Å². The Labute approximate surface area is 216 Å². The number of aliphatic hydroxyl groups excluding tert-OH is 1. The number of methoxy groups -OCH3 is 1. The van der Waals surface area contributed by atoms with Gasteiger partial charge in [0.05, 0.1) is 29.0 Å². The molecule has 0 saturated heterocycles. The zero-order valence-electron chi connectivity index (χ0n) is 20.1. The molecule has 11 heteroatoms. The highest BCUT2D eigenvalue weighted by atomic mass is 32.2. The number of aromatic amines is 1. The maximum absolute atomic E-state index is 13.9. The molecule has 0 amide bonds. The van der Waals surface area contributed by atoms with E-state index in [-0.39, 0.29) is 22.5 Å². The maximum atomic E-state index is 13.9. The molecular formula is C26H27F2N5O3S. The molecule has 5 N–H and O–H groups in total. The number of fused-ring (bicyclic) bond motifs is 1. The molecule has 0 aliphatic heterocycles. The molecule has 1 aliphatic rings. The first-order valence-corrected chi connectivity index (χ1v) is 12.6. The molecule has 2 aromatic heterocycles. The highest BCUT2D eigenvalue weighted by Crippen LogP contribution is 2.33. The molecule has 1 aliphatic carbocycles. The van der Waals surface area contributed by atoms with Crippen LogP contribution in [0.2, 0.25) is 0 Å². The third-order valence-corrected chi connectivity index (χ3v) is 6.71. The van der Waals surface area contributed by atoms with Crippen LogP contribution in [0.3, 0.4) is 0 Å². The van der Waals surface area contributed by atoms with Crippen LogP contribution in [0, 0.1) is 11.6 Å². The summed E-state index contributed by atoms with van der Waals surface area (Å²) < 4.78 is 35.2.